The van der Waals surface area contributed by atoms with Gasteiger partial charge in [0.25, 0.3) is 0 Å². The van der Waals surface area contributed by atoms with Crippen LogP contribution in [-0.4, -0.2) is 9.78 Å². The van der Waals surface area contributed by atoms with Gasteiger partial charge in [-0.15, -0.1) is 0 Å². The Morgan fingerprint density at radius 1 is 0.895 bits per heavy atom. The highest BCUT2D eigenvalue weighted by Gasteiger charge is 2.08. The monoisotopic (exact) mass is 312 g/mol. The minimum atomic E-state index is 0.989. The van der Waals surface area contributed by atoms with Crippen molar-refractivity contribution in [3.8, 4) is 22.5 Å². The molecule has 0 aliphatic carbocycles. The molecule has 0 unspecified atom stereocenters. The quantitative estimate of drug-likeness (QED) is 0.680. The summed E-state index contributed by atoms with van der Waals surface area (Å²) in [4.78, 5) is 0. The molecule has 0 radical (unpaired) electrons. The van der Waals surface area contributed by atoms with E-state index in [0.29, 0.717) is 0 Å². The maximum atomic E-state index is 4.59. The van der Waals surface area contributed by atoms with E-state index in [2.05, 4.69) is 51.4 Å². The molecular formula is C16H13BrN2. The highest BCUT2D eigenvalue weighted by molar-refractivity contribution is 9.10. The van der Waals surface area contributed by atoms with Crippen LogP contribution in [0.25, 0.3) is 22.5 Å². The predicted molar refractivity (Wildman–Crippen MR) is 81.8 cm³/mol. The van der Waals surface area contributed by atoms with Crippen LogP contribution in [0.1, 0.15) is 0 Å². The molecule has 2 aromatic carbocycles. The SMILES string of the molecule is Cn1nc(-c2cccc(Br)c2)cc1-c1ccccc1. The van der Waals surface area contributed by atoms with Gasteiger partial charge in [0.15, 0.2) is 0 Å². The van der Waals surface area contributed by atoms with Crippen molar-refractivity contribution in [2.45, 2.75) is 0 Å². The van der Waals surface area contributed by atoms with E-state index in [9.17, 15) is 0 Å². The Hall–Kier alpha value is -1.87. The molecule has 2 nitrogen and oxygen atoms in total. The van der Waals surface area contributed by atoms with Gasteiger partial charge in [-0.1, -0.05) is 58.4 Å². The zero-order valence-corrected chi connectivity index (χ0v) is 12.1. The van der Waals surface area contributed by atoms with Gasteiger partial charge in [-0.05, 0) is 23.8 Å². The first-order valence-electron chi connectivity index (χ1n) is 6.09. The van der Waals surface area contributed by atoms with Crippen LogP contribution in [0.15, 0.2) is 65.1 Å². The molecule has 3 aromatic rings. The molecule has 0 atom stereocenters. The van der Waals surface area contributed by atoms with Crippen LogP contribution >= 0.6 is 15.9 Å². The minimum Gasteiger partial charge on any atom is -0.267 e. The van der Waals surface area contributed by atoms with Gasteiger partial charge in [-0.2, -0.15) is 5.10 Å². The lowest BCUT2D eigenvalue weighted by molar-refractivity contribution is 0.779. The number of halogens is 1. The normalized spacial score (nSPS) is 10.6. The molecule has 1 heterocycles. The number of benzene rings is 2. The fourth-order valence-corrected chi connectivity index (χ4v) is 2.53. The topological polar surface area (TPSA) is 17.8 Å². The molecule has 0 saturated heterocycles. The van der Waals surface area contributed by atoms with E-state index in [1.54, 1.807) is 0 Å². The first kappa shape index (κ1) is 12.2. The van der Waals surface area contributed by atoms with Crippen molar-refractivity contribution in [1.82, 2.24) is 9.78 Å². The number of hydrogen-bond acceptors (Lipinski definition) is 1. The Balaban J connectivity index is 2.07. The van der Waals surface area contributed by atoms with Gasteiger partial charge in [0, 0.05) is 17.1 Å². The average molecular weight is 313 g/mol. The number of aryl methyl sites for hydroxylation is 1. The van der Waals surface area contributed by atoms with Gasteiger partial charge >= 0.3 is 0 Å². The first-order chi connectivity index (χ1) is 9.24. The zero-order chi connectivity index (χ0) is 13.2. The van der Waals surface area contributed by atoms with Crippen molar-refractivity contribution in [1.29, 1.82) is 0 Å². The Bertz CT molecular complexity index is 702. The molecule has 0 spiro atoms. The summed E-state index contributed by atoms with van der Waals surface area (Å²) in [6, 6.07) is 20.6. The lowest BCUT2D eigenvalue weighted by atomic mass is 10.1. The molecule has 94 valence electrons. The molecule has 0 fully saturated rings. The summed E-state index contributed by atoms with van der Waals surface area (Å²) in [5.41, 5.74) is 4.41. The number of aromatic nitrogens is 2. The third-order valence-electron chi connectivity index (χ3n) is 3.07. The highest BCUT2D eigenvalue weighted by atomic mass is 79.9. The largest absolute Gasteiger partial charge is 0.267 e. The van der Waals surface area contributed by atoms with Crippen molar-refractivity contribution in [3.63, 3.8) is 0 Å². The zero-order valence-electron chi connectivity index (χ0n) is 10.5. The fourth-order valence-electron chi connectivity index (χ4n) is 2.14. The summed E-state index contributed by atoms with van der Waals surface area (Å²) in [6.45, 7) is 0. The molecule has 1 aromatic heterocycles. The summed E-state index contributed by atoms with van der Waals surface area (Å²) in [5.74, 6) is 0. The van der Waals surface area contributed by atoms with E-state index in [4.69, 9.17) is 0 Å². The number of nitrogens with zero attached hydrogens (tertiary/aromatic N) is 2. The van der Waals surface area contributed by atoms with Gasteiger partial charge in [0.2, 0.25) is 0 Å². The Kier molecular flexibility index (Phi) is 3.22. The van der Waals surface area contributed by atoms with E-state index in [1.807, 2.05) is 42.1 Å². The van der Waals surface area contributed by atoms with Crippen LogP contribution < -0.4 is 0 Å². The summed E-state index contributed by atoms with van der Waals surface area (Å²) >= 11 is 3.50. The van der Waals surface area contributed by atoms with Crippen LogP contribution in [-0.2, 0) is 7.05 Å². The Morgan fingerprint density at radius 2 is 1.63 bits per heavy atom. The van der Waals surface area contributed by atoms with Gasteiger partial charge in [0.1, 0.15) is 0 Å². The third-order valence-corrected chi connectivity index (χ3v) is 3.56. The molecular weight excluding hydrogens is 300 g/mol. The minimum absolute atomic E-state index is 0.989. The van der Waals surface area contributed by atoms with Gasteiger partial charge in [0.05, 0.1) is 11.4 Å². The smallest absolute Gasteiger partial charge is 0.0930 e. The fraction of sp³-hybridized carbons (Fsp3) is 0.0625. The highest BCUT2D eigenvalue weighted by Crippen LogP contribution is 2.26. The summed E-state index contributed by atoms with van der Waals surface area (Å²) in [7, 11) is 1.98. The van der Waals surface area contributed by atoms with Crippen molar-refractivity contribution in [2.75, 3.05) is 0 Å². The second-order valence-electron chi connectivity index (χ2n) is 4.41. The van der Waals surface area contributed by atoms with Gasteiger partial charge in [-0.25, -0.2) is 0 Å². The predicted octanol–water partition coefficient (Wildman–Crippen LogP) is 4.52. The second-order valence-corrected chi connectivity index (χ2v) is 5.33. The lowest BCUT2D eigenvalue weighted by Gasteiger charge is -1.99. The average Bonchev–Trinajstić information content (AvgIpc) is 2.82. The van der Waals surface area contributed by atoms with E-state index in [-0.39, 0.29) is 0 Å². The first-order valence-corrected chi connectivity index (χ1v) is 6.89. The number of hydrogen-bond donors (Lipinski definition) is 0. The molecule has 3 rings (SSSR count). The van der Waals surface area contributed by atoms with E-state index >= 15 is 0 Å². The maximum Gasteiger partial charge on any atom is 0.0930 e. The van der Waals surface area contributed by atoms with Crippen LogP contribution in [0.3, 0.4) is 0 Å². The summed E-state index contributed by atoms with van der Waals surface area (Å²) < 4.78 is 2.99. The molecule has 0 bridgehead atoms. The molecule has 0 aliphatic heterocycles. The van der Waals surface area contributed by atoms with Gasteiger partial charge < -0.3 is 0 Å². The van der Waals surface area contributed by atoms with Crippen molar-refractivity contribution >= 4 is 15.9 Å². The van der Waals surface area contributed by atoms with Crippen LogP contribution in [0.2, 0.25) is 0 Å². The molecule has 19 heavy (non-hydrogen) atoms. The summed E-state index contributed by atoms with van der Waals surface area (Å²) in [5, 5.41) is 4.59. The van der Waals surface area contributed by atoms with Crippen molar-refractivity contribution in [2.24, 2.45) is 7.05 Å². The van der Waals surface area contributed by atoms with Crippen molar-refractivity contribution < 1.29 is 0 Å². The molecule has 3 heteroatoms. The standard InChI is InChI=1S/C16H13BrN2/c1-19-16(12-6-3-2-4-7-12)11-15(18-19)13-8-5-9-14(17)10-13/h2-11H,1H3. The molecule has 0 amide bonds. The van der Waals surface area contributed by atoms with E-state index in [0.717, 1.165) is 21.4 Å². The number of rotatable bonds is 2. The van der Waals surface area contributed by atoms with Gasteiger partial charge in [-0.3, -0.25) is 4.68 Å². The Labute approximate surface area is 120 Å². The molecule has 0 N–H and O–H groups in total. The van der Waals surface area contributed by atoms with E-state index < -0.39 is 0 Å². The third kappa shape index (κ3) is 2.47. The van der Waals surface area contributed by atoms with Crippen molar-refractivity contribution in [3.05, 3.63) is 65.1 Å². The lowest BCUT2D eigenvalue weighted by Crippen LogP contribution is -1.93. The molecule has 0 saturated carbocycles. The van der Waals surface area contributed by atoms with Crippen LogP contribution in [0.5, 0.6) is 0 Å². The Morgan fingerprint density at radius 3 is 2.37 bits per heavy atom. The molecule has 0 aliphatic rings. The van der Waals surface area contributed by atoms with Crippen LogP contribution in [0.4, 0.5) is 0 Å². The summed E-state index contributed by atoms with van der Waals surface area (Å²) in [6.07, 6.45) is 0. The second kappa shape index (κ2) is 5.02. The van der Waals surface area contributed by atoms with E-state index in [1.165, 1.54) is 5.56 Å². The van der Waals surface area contributed by atoms with Crippen LogP contribution in [0, 0.1) is 0 Å². The maximum absolute atomic E-state index is 4.59.